The molecule has 1 aromatic heterocycles. The molecule has 4 nitrogen and oxygen atoms in total. The van der Waals surface area contributed by atoms with Gasteiger partial charge in [-0.3, -0.25) is 4.79 Å². The predicted octanol–water partition coefficient (Wildman–Crippen LogP) is 3.79. The third-order valence-electron chi connectivity index (χ3n) is 3.07. The van der Waals surface area contributed by atoms with Gasteiger partial charge in [0.1, 0.15) is 5.82 Å². The highest BCUT2D eigenvalue weighted by atomic mass is 79.9. The average molecular weight is 335 g/mol. The Kier molecular flexibility index (Phi) is 4.49. The molecule has 5 heteroatoms. The van der Waals surface area contributed by atoms with Crippen LogP contribution in [0.25, 0.3) is 11.3 Å². The lowest BCUT2D eigenvalue weighted by Gasteiger charge is -2.10. The first kappa shape index (κ1) is 14.7. The number of hydrogen-bond donors (Lipinski definition) is 1. The van der Waals surface area contributed by atoms with Crippen molar-refractivity contribution < 1.29 is 9.90 Å². The van der Waals surface area contributed by atoms with Crippen LogP contribution in [0.1, 0.15) is 30.7 Å². The first-order valence-corrected chi connectivity index (χ1v) is 7.08. The molecule has 1 heterocycles. The first-order valence-electron chi connectivity index (χ1n) is 6.28. The summed E-state index contributed by atoms with van der Waals surface area (Å²) in [5.41, 5.74) is 2.94. The van der Waals surface area contributed by atoms with Gasteiger partial charge < -0.3 is 5.11 Å². The highest BCUT2D eigenvalue weighted by Crippen LogP contribution is 2.26. The van der Waals surface area contributed by atoms with E-state index in [2.05, 4.69) is 25.9 Å². The molecular formula is C15H15BrN2O2. The Hall–Kier alpha value is -1.75. The Labute approximate surface area is 126 Å². The molecule has 0 saturated heterocycles. The van der Waals surface area contributed by atoms with Gasteiger partial charge in [-0.15, -0.1) is 0 Å². The fraction of sp³-hybridized carbons (Fsp3) is 0.267. The van der Waals surface area contributed by atoms with Crippen LogP contribution in [0.4, 0.5) is 0 Å². The predicted molar refractivity (Wildman–Crippen MR) is 80.6 cm³/mol. The molecule has 0 aliphatic heterocycles. The number of rotatable bonds is 4. The van der Waals surface area contributed by atoms with E-state index in [9.17, 15) is 4.79 Å². The molecule has 2 rings (SSSR count). The molecule has 0 aliphatic carbocycles. The molecule has 1 N–H and O–H groups in total. The molecule has 104 valence electrons. The molecule has 0 fully saturated rings. The Balaban J connectivity index is 2.39. The summed E-state index contributed by atoms with van der Waals surface area (Å²) in [6.07, 6.45) is 1.71. The zero-order valence-electron chi connectivity index (χ0n) is 11.3. The Morgan fingerprint density at radius 3 is 2.85 bits per heavy atom. The van der Waals surface area contributed by atoms with Gasteiger partial charge in [-0.25, -0.2) is 9.97 Å². The number of aromatic nitrogens is 2. The summed E-state index contributed by atoms with van der Waals surface area (Å²) in [6, 6.07) is 7.84. The van der Waals surface area contributed by atoms with E-state index in [1.807, 2.05) is 38.1 Å². The smallest absolute Gasteiger partial charge is 0.304 e. The zero-order valence-corrected chi connectivity index (χ0v) is 12.9. The van der Waals surface area contributed by atoms with Gasteiger partial charge in [-0.1, -0.05) is 28.9 Å². The van der Waals surface area contributed by atoms with Gasteiger partial charge in [0, 0.05) is 22.2 Å². The van der Waals surface area contributed by atoms with Crippen molar-refractivity contribution in [3.63, 3.8) is 0 Å². The standard InChI is InChI=1S/C15H15BrN2O2/c1-9-3-4-11(16)8-12(9)13-5-6-17-15(18-13)10(2)7-14(19)20/h3-6,8,10H,7H2,1-2H3,(H,19,20). The minimum Gasteiger partial charge on any atom is -0.481 e. The van der Waals surface area contributed by atoms with Crippen molar-refractivity contribution in [2.45, 2.75) is 26.2 Å². The van der Waals surface area contributed by atoms with Crippen molar-refractivity contribution >= 4 is 21.9 Å². The van der Waals surface area contributed by atoms with Crippen molar-refractivity contribution in [1.82, 2.24) is 9.97 Å². The molecule has 0 saturated carbocycles. The number of aliphatic carboxylic acids is 1. The number of aryl methyl sites for hydroxylation is 1. The lowest BCUT2D eigenvalue weighted by Crippen LogP contribution is -2.07. The summed E-state index contributed by atoms with van der Waals surface area (Å²) in [6.45, 7) is 3.84. The number of halogens is 1. The maximum absolute atomic E-state index is 10.8. The normalized spacial score (nSPS) is 12.2. The van der Waals surface area contributed by atoms with E-state index in [-0.39, 0.29) is 12.3 Å². The monoisotopic (exact) mass is 334 g/mol. The van der Waals surface area contributed by atoms with Gasteiger partial charge in [0.15, 0.2) is 0 Å². The van der Waals surface area contributed by atoms with Crippen LogP contribution in [0.2, 0.25) is 0 Å². The van der Waals surface area contributed by atoms with Crippen molar-refractivity contribution in [2.24, 2.45) is 0 Å². The number of benzene rings is 1. The molecule has 0 radical (unpaired) electrons. The summed E-state index contributed by atoms with van der Waals surface area (Å²) < 4.78 is 0.983. The summed E-state index contributed by atoms with van der Waals surface area (Å²) in [4.78, 5) is 19.5. The van der Waals surface area contributed by atoms with Crippen molar-refractivity contribution in [3.05, 3.63) is 46.3 Å². The van der Waals surface area contributed by atoms with E-state index < -0.39 is 5.97 Å². The minimum atomic E-state index is -0.842. The van der Waals surface area contributed by atoms with Gasteiger partial charge in [0.05, 0.1) is 12.1 Å². The Morgan fingerprint density at radius 2 is 2.15 bits per heavy atom. The van der Waals surface area contributed by atoms with Crippen LogP contribution in [0.5, 0.6) is 0 Å². The van der Waals surface area contributed by atoms with Crippen LogP contribution in [0.15, 0.2) is 34.9 Å². The fourth-order valence-electron chi connectivity index (χ4n) is 1.98. The average Bonchev–Trinajstić information content (AvgIpc) is 2.41. The molecule has 1 atom stereocenters. The molecule has 1 unspecified atom stereocenters. The summed E-state index contributed by atoms with van der Waals surface area (Å²) >= 11 is 3.45. The van der Waals surface area contributed by atoms with Crippen LogP contribution in [-0.2, 0) is 4.79 Å². The number of carbonyl (C=O) groups is 1. The molecule has 20 heavy (non-hydrogen) atoms. The summed E-state index contributed by atoms with van der Waals surface area (Å²) in [5.74, 6) is -0.491. The van der Waals surface area contributed by atoms with Gasteiger partial charge in [-0.2, -0.15) is 0 Å². The van der Waals surface area contributed by atoms with E-state index >= 15 is 0 Å². The minimum absolute atomic E-state index is 0.0287. The topological polar surface area (TPSA) is 63.1 Å². The van der Waals surface area contributed by atoms with Crippen LogP contribution in [-0.4, -0.2) is 21.0 Å². The second kappa shape index (κ2) is 6.13. The van der Waals surface area contributed by atoms with E-state index in [4.69, 9.17) is 5.11 Å². The van der Waals surface area contributed by atoms with E-state index in [0.717, 1.165) is 21.3 Å². The van der Waals surface area contributed by atoms with Crippen LogP contribution in [0.3, 0.4) is 0 Å². The van der Waals surface area contributed by atoms with E-state index in [1.165, 1.54) is 0 Å². The highest BCUT2D eigenvalue weighted by Gasteiger charge is 2.14. The van der Waals surface area contributed by atoms with Crippen molar-refractivity contribution in [1.29, 1.82) is 0 Å². The first-order chi connectivity index (χ1) is 9.47. The molecule has 0 spiro atoms. The lowest BCUT2D eigenvalue weighted by atomic mass is 10.0. The third kappa shape index (κ3) is 3.42. The van der Waals surface area contributed by atoms with Crippen LogP contribution >= 0.6 is 15.9 Å². The van der Waals surface area contributed by atoms with Crippen LogP contribution < -0.4 is 0 Å². The number of nitrogens with zero attached hydrogens (tertiary/aromatic N) is 2. The Bertz CT molecular complexity index is 644. The summed E-state index contributed by atoms with van der Waals surface area (Å²) in [5, 5.41) is 8.85. The largest absolute Gasteiger partial charge is 0.481 e. The van der Waals surface area contributed by atoms with E-state index in [1.54, 1.807) is 6.20 Å². The van der Waals surface area contributed by atoms with Crippen LogP contribution in [0, 0.1) is 6.92 Å². The number of hydrogen-bond acceptors (Lipinski definition) is 3. The van der Waals surface area contributed by atoms with E-state index in [0.29, 0.717) is 5.82 Å². The molecule has 0 amide bonds. The molecule has 0 bridgehead atoms. The highest BCUT2D eigenvalue weighted by molar-refractivity contribution is 9.10. The second-order valence-electron chi connectivity index (χ2n) is 4.76. The van der Waals surface area contributed by atoms with Gasteiger partial charge in [0.2, 0.25) is 0 Å². The molecule has 0 aliphatic rings. The van der Waals surface area contributed by atoms with Gasteiger partial charge in [0.25, 0.3) is 0 Å². The molecular weight excluding hydrogens is 320 g/mol. The number of carboxylic acid groups (broad SMARTS) is 1. The van der Waals surface area contributed by atoms with Crippen molar-refractivity contribution in [2.75, 3.05) is 0 Å². The SMILES string of the molecule is Cc1ccc(Br)cc1-c1ccnc(C(C)CC(=O)O)n1. The second-order valence-corrected chi connectivity index (χ2v) is 5.67. The van der Waals surface area contributed by atoms with Crippen molar-refractivity contribution in [3.8, 4) is 11.3 Å². The third-order valence-corrected chi connectivity index (χ3v) is 3.56. The maximum Gasteiger partial charge on any atom is 0.304 e. The summed E-state index contributed by atoms with van der Waals surface area (Å²) in [7, 11) is 0. The number of carboxylic acids is 1. The van der Waals surface area contributed by atoms with Gasteiger partial charge >= 0.3 is 5.97 Å². The molecule has 1 aromatic carbocycles. The lowest BCUT2D eigenvalue weighted by molar-refractivity contribution is -0.137. The maximum atomic E-state index is 10.8. The van der Waals surface area contributed by atoms with Gasteiger partial charge in [-0.05, 0) is 30.7 Å². The fourth-order valence-corrected chi connectivity index (χ4v) is 2.35. The Morgan fingerprint density at radius 1 is 1.40 bits per heavy atom. The molecule has 2 aromatic rings. The zero-order chi connectivity index (χ0) is 14.7. The quantitative estimate of drug-likeness (QED) is 0.923.